The summed E-state index contributed by atoms with van der Waals surface area (Å²) in [5.41, 5.74) is 5.56. The second kappa shape index (κ2) is 3.56. The Morgan fingerprint density at radius 2 is 2.07 bits per heavy atom. The van der Waals surface area contributed by atoms with Gasteiger partial charge in [0, 0.05) is 6.07 Å². The van der Waals surface area contributed by atoms with Gasteiger partial charge in [-0.05, 0) is 25.0 Å². The van der Waals surface area contributed by atoms with Crippen LogP contribution in [-0.2, 0) is 0 Å². The molecule has 1 rings (SSSR count). The lowest BCUT2D eigenvalue weighted by Gasteiger charge is -2.08. The summed E-state index contributed by atoms with van der Waals surface area (Å²) in [6.07, 6.45) is 0. The third-order valence-corrected chi connectivity index (χ3v) is 2.28. The van der Waals surface area contributed by atoms with E-state index in [4.69, 9.17) is 10.8 Å². The summed E-state index contributed by atoms with van der Waals surface area (Å²) in [7, 11) is 0. The number of anilines is 1. The van der Waals surface area contributed by atoms with E-state index in [0.717, 1.165) is 0 Å². The molecule has 3 N–H and O–H groups in total. The first kappa shape index (κ1) is 11.0. The van der Waals surface area contributed by atoms with Crippen LogP contribution in [-0.4, -0.2) is 16.0 Å². The zero-order valence-corrected chi connectivity index (χ0v) is 8.27. The maximum absolute atomic E-state index is 10.9. The minimum absolute atomic E-state index is 0.193. The average Bonchev–Trinajstić information content (AvgIpc) is 2.10. The summed E-state index contributed by atoms with van der Waals surface area (Å²) < 4.78 is 0. The highest BCUT2D eigenvalue weighted by Gasteiger charge is 2.22. The van der Waals surface area contributed by atoms with E-state index in [1.54, 1.807) is 13.8 Å². The Morgan fingerprint density at radius 1 is 1.53 bits per heavy atom. The van der Waals surface area contributed by atoms with Crippen molar-refractivity contribution in [3.8, 4) is 0 Å². The average molecular weight is 210 g/mol. The number of nitrogen functional groups attached to an aromatic ring is 1. The van der Waals surface area contributed by atoms with Gasteiger partial charge in [0.2, 0.25) is 0 Å². The Labute approximate surface area is 85.5 Å². The Balaban J connectivity index is 3.63. The SMILES string of the molecule is Cc1cc([N+](=O)[O-])c(N)c(C(=O)O)c1C. The Bertz CT molecular complexity index is 454. The van der Waals surface area contributed by atoms with E-state index in [9.17, 15) is 14.9 Å². The van der Waals surface area contributed by atoms with Gasteiger partial charge in [-0.2, -0.15) is 0 Å². The number of carboxylic acids is 1. The first-order chi connectivity index (χ1) is 6.86. The molecule has 0 spiro atoms. The van der Waals surface area contributed by atoms with Gasteiger partial charge in [-0.3, -0.25) is 10.1 Å². The van der Waals surface area contributed by atoms with Gasteiger partial charge < -0.3 is 10.8 Å². The van der Waals surface area contributed by atoms with Crippen LogP contribution in [0.25, 0.3) is 0 Å². The number of nitro groups is 1. The fraction of sp³-hybridized carbons (Fsp3) is 0.222. The van der Waals surface area contributed by atoms with Gasteiger partial charge in [0.1, 0.15) is 5.69 Å². The molecule has 0 fully saturated rings. The molecule has 0 saturated carbocycles. The molecule has 0 aliphatic carbocycles. The van der Waals surface area contributed by atoms with E-state index in [-0.39, 0.29) is 16.9 Å². The number of nitro benzene ring substituents is 1. The largest absolute Gasteiger partial charge is 0.478 e. The minimum atomic E-state index is -1.25. The van der Waals surface area contributed by atoms with Crippen molar-refractivity contribution in [2.75, 3.05) is 5.73 Å². The topological polar surface area (TPSA) is 106 Å². The number of rotatable bonds is 2. The standard InChI is InChI=1S/C9H10N2O4/c1-4-3-6(11(14)15)8(10)7(5(4)2)9(12)13/h3H,10H2,1-2H3,(H,12,13). The van der Waals surface area contributed by atoms with E-state index < -0.39 is 10.9 Å². The fourth-order valence-corrected chi connectivity index (χ4v) is 1.34. The van der Waals surface area contributed by atoms with Gasteiger partial charge >= 0.3 is 5.97 Å². The Morgan fingerprint density at radius 3 is 2.47 bits per heavy atom. The van der Waals surface area contributed by atoms with E-state index >= 15 is 0 Å². The van der Waals surface area contributed by atoms with Crippen molar-refractivity contribution in [1.29, 1.82) is 0 Å². The second-order valence-corrected chi connectivity index (χ2v) is 3.19. The monoisotopic (exact) mass is 210 g/mol. The number of aromatic carboxylic acids is 1. The summed E-state index contributed by atoms with van der Waals surface area (Å²) in [4.78, 5) is 20.8. The van der Waals surface area contributed by atoms with Crippen LogP contribution in [0.3, 0.4) is 0 Å². The van der Waals surface area contributed by atoms with Crippen LogP contribution < -0.4 is 5.73 Å². The maximum Gasteiger partial charge on any atom is 0.338 e. The normalized spacial score (nSPS) is 10.0. The van der Waals surface area contributed by atoms with Gasteiger partial charge in [0.25, 0.3) is 5.69 Å². The molecule has 0 bridgehead atoms. The Kier molecular flexibility index (Phi) is 2.61. The van der Waals surface area contributed by atoms with Crippen molar-refractivity contribution >= 4 is 17.3 Å². The summed E-state index contributed by atoms with van der Waals surface area (Å²) >= 11 is 0. The lowest BCUT2D eigenvalue weighted by molar-refractivity contribution is -0.384. The van der Waals surface area contributed by atoms with E-state index in [2.05, 4.69) is 0 Å². The zero-order valence-electron chi connectivity index (χ0n) is 8.27. The molecule has 0 heterocycles. The van der Waals surface area contributed by atoms with Crippen LogP contribution in [0.5, 0.6) is 0 Å². The molecule has 0 saturated heterocycles. The van der Waals surface area contributed by atoms with E-state index in [1.807, 2.05) is 0 Å². The third-order valence-electron chi connectivity index (χ3n) is 2.28. The first-order valence-corrected chi connectivity index (χ1v) is 4.13. The number of carbonyl (C=O) groups is 1. The Hall–Kier alpha value is -2.11. The summed E-state index contributed by atoms with van der Waals surface area (Å²) in [6.45, 7) is 3.17. The summed E-state index contributed by atoms with van der Waals surface area (Å²) in [5.74, 6) is -1.25. The first-order valence-electron chi connectivity index (χ1n) is 4.13. The molecule has 0 aliphatic rings. The van der Waals surface area contributed by atoms with Gasteiger partial charge in [-0.1, -0.05) is 0 Å². The molecule has 80 valence electrons. The zero-order chi connectivity index (χ0) is 11.7. The quantitative estimate of drug-likeness (QED) is 0.437. The molecule has 0 atom stereocenters. The van der Waals surface area contributed by atoms with Gasteiger partial charge in [-0.15, -0.1) is 0 Å². The van der Waals surface area contributed by atoms with Crippen molar-refractivity contribution in [3.63, 3.8) is 0 Å². The van der Waals surface area contributed by atoms with E-state index in [0.29, 0.717) is 11.1 Å². The molecule has 1 aromatic carbocycles. The molecular weight excluding hydrogens is 200 g/mol. The molecule has 0 radical (unpaired) electrons. The predicted molar refractivity (Wildman–Crippen MR) is 53.9 cm³/mol. The molecule has 6 nitrogen and oxygen atoms in total. The molecular formula is C9H10N2O4. The fourth-order valence-electron chi connectivity index (χ4n) is 1.34. The second-order valence-electron chi connectivity index (χ2n) is 3.19. The molecule has 15 heavy (non-hydrogen) atoms. The van der Waals surface area contributed by atoms with Crippen molar-refractivity contribution in [3.05, 3.63) is 32.9 Å². The van der Waals surface area contributed by atoms with Crippen LogP contribution in [0.1, 0.15) is 21.5 Å². The van der Waals surface area contributed by atoms with Crippen molar-refractivity contribution < 1.29 is 14.8 Å². The third kappa shape index (κ3) is 1.74. The molecule has 1 aromatic rings. The molecule has 0 aliphatic heterocycles. The highest BCUT2D eigenvalue weighted by atomic mass is 16.6. The molecule has 0 amide bonds. The van der Waals surface area contributed by atoms with Crippen LogP contribution >= 0.6 is 0 Å². The van der Waals surface area contributed by atoms with Crippen molar-refractivity contribution in [1.82, 2.24) is 0 Å². The number of nitrogens with two attached hydrogens (primary N) is 1. The predicted octanol–water partition coefficient (Wildman–Crippen LogP) is 1.49. The lowest BCUT2D eigenvalue weighted by atomic mass is 10.00. The van der Waals surface area contributed by atoms with Gasteiger partial charge in [-0.25, -0.2) is 4.79 Å². The smallest absolute Gasteiger partial charge is 0.338 e. The van der Waals surface area contributed by atoms with Crippen molar-refractivity contribution in [2.24, 2.45) is 0 Å². The number of carboxylic acid groups (broad SMARTS) is 1. The van der Waals surface area contributed by atoms with Crippen LogP contribution in [0.4, 0.5) is 11.4 Å². The van der Waals surface area contributed by atoms with Crippen LogP contribution in [0, 0.1) is 24.0 Å². The number of hydrogen-bond acceptors (Lipinski definition) is 4. The van der Waals surface area contributed by atoms with Crippen molar-refractivity contribution in [2.45, 2.75) is 13.8 Å². The summed E-state index contributed by atoms with van der Waals surface area (Å²) in [6, 6.07) is 1.27. The number of benzene rings is 1. The molecule has 0 aromatic heterocycles. The highest BCUT2D eigenvalue weighted by Crippen LogP contribution is 2.30. The highest BCUT2D eigenvalue weighted by molar-refractivity contribution is 5.98. The number of nitrogens with zero attached hydrogens (tertiary/aromatic N) is 1. The number of hydrogen-bond donors (Lipinski definition) is 2. The van der Waals surface area contributed by atoms with E-state index in [1.165, 1.54) is 6.07 Å². The molecule has 6 heteroatoms. The lowest BCUT2D eigenvalue weighted by Crippen LogP contribution is -2.09. The van der Waals surface area contributed by atoms with Gasteiger partial charge in [0.15, 0.2) is 0 Å². The maximum atomic E-state index is 10.9. The van der Waals surface area contributed by atoms with Crippen LogP contribution in [0.2, 0.25) is 0 Å². The number of aryl methyl sites for hydroxylation is 1. The summed E-state index contributed by atoms with van der Waals surface area (Å²) in [5, 5.41) is 19.5. The minimum Gasteiger partial charge on any atom is -0.478 e. The van der Waals surface area contributed by atoms with Gasteiger partial charge in [0.05, 0.1) is 10.5 Å². The van der Waals surface area contributed by atoms with Crippen LogP contribution in [0.15, 0.2) is 6.07 Å². The molecule has 0 unspecified atom stereocenters.